The van der Waals surface area contributed by atoms with Gasteiger partial charge in [-0.25, -0.2) is 4.99 Å². The van der Waals surface area contributed by atoms with Crippen LogP contribution in [-0.4, -0.2) is 10.4 Å². The Bertz CT molecular complexity index is 439. The summed E-state index contributed by atoms with van der Waals surface area (Å²) in [6, 6.07) is 6.42. The van der Waals surface area contributed by atoms with Crippen LogP contribution in [0.5, 0.6) is 0 Å². The van der Waals surface area contributed by atoms with E-state index in [0.717, 1.165) is 16.1 Å². The number of nitrogens with one attached hydrogen (secondary N) is 1. The molecule has 0 atom stereocenters. The minimum absolute atomic E-state index is 0.791. The summed E-state index contributed by atoms with van der Waals surface area (Å²) in [6.07, 6.45) is 4.07. The van der Waals surface area contributed by atoms with Crippen molar-refractivity contribution >= 4 is 34.6 Å². The van der Waals surface area contributed by atoms with Crippen molar-refractivity contribution in [3.8, 4) is 0 Å². The Hall–Kier alpha value is -0.610. The first-order chi connectivity index (χ1) is 7.81. The van der Waals surface area contributed by atoms with E-state index in [1.165, 1.54) is 29.7 Å². The molecule has 0 amide bonds. The highest BCUT2D eigenvalue weighted by molar-refractivity contribution is 8.16. The molecule has 0 saturated heterocycles. The topological polar surface area (TPSA) is 24.4 Å². The fourth-order valence-electron chi connectivity index (χ4n) is 1.72. The Balaban J connectivity index is 1.80. The van der Waals surface area contributed by atoms with Crippen LogP contribution >= 0.6 is 23.7 Å². The van der Waals surface area contributed by atoms with Gasteiger partial charge < -0.3 is 4.72 Å². The molecular weight excluding hydrogens is 236 g/mol. The number of nitrogens with zero attached hydrogens (tertiary/aromatic N) is 1. The van der Waals surface area contributed by atoms with Gasteiger partial charge in [0.05, 0.1) is 10.6 Å². The molecule has 84 valence electrons. The summed E-state index contributed by atoms with van der Waals surface area (Å²) in [5, 5.41) is 1.87. The van der Waals surface area contributed by atoms with E-state index >= 15 is 0 Å². The van der Waals surface area contributed by atoms with Crippen molar-refractivity contribution in [3.05, 3.63) is 23.8 Å². The average molecular weight is 250 g/mol. The summed E-state index contributed by atoms with van der Waals surface area (Å²) in [4.78, 5) is 5.89. The highest BCUT2D eigenvalue weighted by atomic mass is 32.2. The monoisotopic (exact) mass is 250 g/mol. The Morgan fingerprint density at radius 3 is 3.06 bits per heavy atom. The van der Waals surface area contributed by atoms with E-state index in [1.54, 1.807) is 11.9 Å². The number of hydrogen-bond acceptors (Lipinski definition) is 4. The minimum Gasteiger partial charge on any atom is -0.305 e. The molecule has 1 saturated carbocycles. The van der Waals surface area contributed by atoms with Crippen LogP contribution in [0.1, 0.15) is 24.8 Å². The highest BCUT2D eigenvalue weighted by Crippen LogP contribution is 2.37. The van der Waals surface area contributed by atoms with E-state index in [-0.39, 0.29) is 0 Å². The number of fused-ring (bicyclic) bond motifs is 1. The molecule has 1 aliphatic carbocycles. The first-order valence-corrected chi connectivity index (χ1v) is 7.30. The summed E-state index contributed by atoms with van der Waals surface area (Å²) in [5.41, 5.74) is 2.40. The molecular formula is C12H14N2S2. The third-order valence-corrected chi connectivity index (χ3v) is 5.11. The van der Waals surface area contributed by atoms with Gasteiger partial charge in [-0.3, -0.25) is 0 Å². The fraction of sp³-hybridized carbons (Fsp3) is 0.417. The van der Waals surface area contributed by atoms with Gasteiger partial charge in [-0.05, 0) is 49.4 Å². The SMILES string of the molecule is Cc1ccc2c(c1)SNC(SC1CCC1)=N2. The van der Waals surface area contributed by atoms with Crippen LogP contribution in [0.15, 0.2) is 28.1 Å². The van der Waals surface area contributed by atoms with E-state index in [4.69, 9.17) is 0 Å². The summed E-state index contributed by atoms with van der Waals surface area (Å²) in [7, 11) is 0. The van der Waals surface area contributed by atoms with E-state index in [2.05, 4.69) is 34.8 Å². The van der Waals surface area contributed by atoms with Crippen LogP contribution in [0.3, 0.4) is 0 Å². The second kappa shape index (κ2) is 4.34. The normalized spacial score (nSPS) is 19.4. The molecule has 1 fully saturated rings. The Labute approximate surface area is 104 Å². The number of aryl methyl sites for hydroxylation is 1. The van der Waals surface area contributed by atoms with E-state index < -0.39 is 0 Å². The fourth-order valence-corrected chi connectivity index (χ4v) is 3.78. The Kier molecular flexibility index (Phi) is 2.86. The molecule has 1 N–H and O–H groups in total. The van der Waals surface area contributed by atoms with E-state index in [1.807, 2.05) is 11.8 Å². The number of amidine groups is 1. The summed E-state index contributed by atoms with van der Waals surface area (Å²) >= 11 is 3.58. The van der Waals surface area contributed by atoms with Gasteiger partial charge >= 0.3 is 0 Å². The third-order valence-electron chi connectivity index (χ3n) is 2.92. The Morgan fingerprint density at radius 2 is 2.31 bits per heavy atom. The maximum atomic E-state index is 4.66. The maximum Gasteiger partial charge on any atom is 0.172 e. The number of benzene rings is 1. The van der Waals surface area contributed by atoms with Crippen molar-refractivity contribution in [2.45, 2.75) is 36.3 Å². The lowest BCUT2D eigenvalue weighted by Crippen LogP contribution is -2.22. The van der Waals surface area contributed by atoms with Gasteiger partial charge in [0.25, 0.3) is 0 Å². The van der Waals surface area contributed by atoms with Crippen molar-refractivity contribution in [1.29, 1.82) is 0 Å². The van der Waals surface area contributed by atoms with Crippen molar-refractivity contribution in [2.24, 2.45) is 4.99 Å². The van der Waals surface area contributed by atoms with Crippen LogP contribution in [0.25, 0.3) is 0 Å². The molecule has 1 aromatic carbocycles. The second-order valence-corrected chi connectivity index (χ2v) is 6.40. The van der Waals surface area contributed by atoms with Crippen molar-refractivity contribution in [3.63, 3.8) is 0 Å². The molecule has 1 aromatic rings. The lowest BCUT2D eigenvalue weighted by molar-refractivity contribution is 0.524. The first kappa shape index (κ1) is 10.5. The predicted molar refractivity (Wildman–Crippen MR) is 72.5 cm³/mol. The molecule has 0 bridgehead atoms. The largest absolute Gasteiger partial charge is 0.305 e. The zero-order valence-electron chi connectivity index (χ0n) is 9.19. The number of rotatable bonds is 1. The van der Waals surface area contributed by atoms with Crippen molar-refractivity contribution in [1.82, 2.24) is 4.72 Å². The Morgan fingerprint density at radius 1 is 1.44 bits per heavy atom. The maximum absolute atomic E-state index is 4.66. The van der Waals surface area contributed by atoms with Crippen molar-refractivity contribution < 1.29 is 0 Å². The molecule has 1 aliphatic heterocycles. The first-order valence-electron chi connectivity index (χ1n) is 5.60. The van der Waals surface area contributed by atoms with Crippen LogP contribution < -0.4 is 4.72 Å². The quantitative estimate of drug-likeness (QED) is 0.765. The van der Waals surface area contributed by atoms with Crippen LogP contribution in [0.2, 0.25) is 0 Å². The summed E-state index contributed by atoms with van der Waals surface area (Å²) in [5.74, 6) is 0. The highest BCUT2D eigenvalue weighted by Gasteiger charge is 2.22. The zero-order valence-corrected chi connectivity index (χ0v) is 10.8. The average Bonchev–Trinajstić information content (AvgIpc) is 2.23. The van der Waals surface area contributed by atoms with Gasteiger partial charge in [-0.2, -0.15) is 0 Å². The molecule has 1 heterocycles. The molecule has 0 spiro atoms. The summed E-state index contributed by atoms with van der Waals surface area (Å²) in [6.45, 7) is 2.11. The lowest BCUT2D eigenvalue weighted by Gasteiger charge is -2.26. The predicted octanol–water partition coefficient (Wildman–Crippen LogP) is 3.88. The number of hydrogen-bond donors (Lipinski definition) is 1. The molecule has 2 nitrogen and oxygen atoms in total. The van der Waals surface area contributed by atoms with Gasteiger partial charge in [0.2, 0.25) is 0 Å². The van der Waals surface area contributed by atoms with E-state index in [9.17, 15) is 0 Å². The molecule has 4 heteroatoms. The van der Waals surface area contributed by atoms with Crippen LogP contribution in [-0.2, 0) is 0 Å². The molecule has 16 heavy (non-hydrogen) atoms. The van der Waals surface area contributed by atoms with Crippen LogP contribution in [0.4, 0.5) is 5.69 Å². The van der Waals surface area contributed by atoms with Gasteiger partial charge in [0.15, 0.2) is 5.17 Å². The van der Waals surface area contributed by atoms with Gasteiger partial charge in [0.1, 0.15) is 0 Å². The van der Waals surface area contributed by atoms with Crippen molar-refractivity contribution in [2.75, 3.05) is 0 Å². The smallest absolute Gasteiger partial charge is 0.172 e. The molecule has 0 unspecified atom stereocenters. The third kappa shape index (κ3) is 2.09. The number of thioether (sulfide) groups is 1. The molecule has 2 aliphatic rings. The van der Waals surface area contributed by atoms with Gasteiger partial charge in [-0.1, -0.05) is 24.2 Å². The van der Waals surface area contributed by atoms with E-state index in [0.29, 0.717) is 0 Å². The minimum atomic E-state index is 0.791. The molecule has 0 aromatic heterocycles. The lowest BCUT2D eigenvalue weighted by atomic mass is 10.0. The standard InChI is InChI=1S/C12H14N2S2/c1-8-5-6-10-11(7-8)16-14-12(13-10)15-9-3-2-4-9/h5-7,9H,2-4H2,1H3,(H,13,14). The summed E-state index contributed by atoms with van der Waals surface area (Å²) < 4.78 is 3.33. The second-order valence-electron chi connectivity index (χ2n) is 4.26. The van der Waals surface area contributed by atoms with Gasteiger partial charge in [0, 0.05) is 5.25 Å². The van der Waals surface area contributed by atoms with Crippen LogP contribution in [0, 0.1) is 6.92 Å². The number of aliphatic imine (C=N–C) groups is 1. The molecule has 0 radical (unpaired) electrons. The zero-order chi connectivity index (χ0) is 11.0. The molecule has 3 rings (SSSR count). The van der Waals surface area contributed by atoms with Gasteiger partial charge in [-0.15, -0.1) is 0 Å².